The van der Waals surface area contributed by atoms with Crippen molar-refractivity contribution in [3.63, 3.8) is 0 Å². The number of carboxylic acids is 1. The average Bonchev–Trinajstić information content (AvgIpc) is 2.28. The zero-order valence-corrected chi connectivity index (χ0v) is 11.9. The molecule has 7 heteroatoms. The normalized spacial score (nSPS) is 13.5. The maximum Gasteiger partial charge on any atom is 0.446 e. The molecule has 0 heterocycles. The van der Waals surface area contributed by atoms with E-state index in [0.717, 1.165) is 5.56 Å². The van der Waals surface area contributed by atoms with Crippen LogP contribution >= 0.6 is 11.8 Å². The molecule has 0 bridgehead atoms. The lowest BCUT2D eigenvalue weighted by Gasteiger charge is -2.18. The van der Waals surface area contributed by atoms with Gasteiger partial charge in [-0.1, -0.05) is 26.0 Å². The van der Waals surface area contributed by atoms with E-state index in [1.54, 1.807) is 26.0 Å². The molecule has 0 radical (unpaired) electrons. The molecule has 1 aromatic rings. The Morgan fingerprint density at radius 3 is 2.25 bits per heavy atom. The highest BCUT2D eigenvalue weighted by Crippen LogP contribution is 2.36. The van der Waals surface area contributed by atoms with Crippen LogP contribution in [0.5, 0.6) is 0 Å². The van der Waals surface area contributed by atoms with Crippen LogP contribution in [0.15, 0.2) is 29.2 Å². The molecule has 0 saturated carbocycles. The molecule has 1 rings (SSSR count). The van der Waals surface area contributed by atoms with Crippen LogP contribution in [0.25, 0.3) is 0 Å². The van der Waals surface area contributed by atoms with Crippen molar-refractivity contribution in [2.24, 2.45) is 5.92 Å². The SMILES string of the molecule is CC(C)[C@H](NCc1ccc(SC(F)(F)F)cc1)C(=O)O. The van der Waals surface area contributed by atoms with Gasteiger partial charge in [-0.15, -0.1) is 0 Å². The summed E-state index contributed by atoms with van der Waals surface area (Å²) in [4.78, 5) is 11.1. The van der Waals surface area contributed by atoms with Gasteiger partial charge in [0.1, 0.15) is 6.04 Å². The Bertz CT molecular complexity index is 446. The Balaban J connectivity index is 2.59. The number of halogens is 3. The van der Waals surface area contributed by atoms with Crippen molar-refractivity contribution in [3.05, 3.63) is 29.8 Å². The molecule has 0 aromatic heterocycles. The first kappa shape index (κ1) is 16.8. The van der Waals surface area contributed by atoms with Gasteiger partial charge in [-0.05, 0) is 35.4 Å². The summed E-state index contributed by atoms with van der Waals surface area (Å²) < 4.78 is 36.5. The van der Waals surface area contributed by atoms with Gasteiger partial charge < -0.3 is 10.4 Å². The van der Waals surface area contributed by atoms with Gasteiger partial charge in [0.15, 0.2) is 0 Å². The summed E-state index contributed by atoms with van der Waals surface area (Å²) in [6.07, 6.45) is 0. The van der Waals surface area contributed by atoms with Gasteiger partial charge in [-0.2, -0.15) is 13.2 Å². The fourth-order valence-corrected chi connectivity index (χ4v) is 2.18. The number of thioether (sulfide) groups is 1. The molecular weight excluding hydrogens is 291 g/mol. The highest BCUT2D eigenvalue weighted by atomic mass is 32.2. The second-order valence-corrected chi connectivity index (χ2v) is 5.77. The molecule has 0 aliphatic rings. The molecule has 0 spiro atoms. The van der Waals surface area contributed by atoms with Crippen molar-refractivity contribution in [1.82, 2.24) is 5.32 Å². The van der Waals surface area contributed by atoms with E-state index in [4.69, 9.17) is 5.11 Å². The molecule has 112 valence electrons. The predicted molar refractivity (Wildman–Crippen MR) is 71.5 cm³/mol. The molecule has 2 N–H and O–H groups in total. The summed E-state index contributed by atoms with van der Waals surface area (Å²) in [6.45, 7) is 3.87. The monoisotopic (exact) mass is 307 g/mol. The zero-order valence-electron chi connectivity index (χ0n) is 11.1. The van der Waals surface area contributed by atoms with E-state index < -0.39 is 17.5 Å². The van der Waals surface area contributed by atoms with E-state index in [2.05, 4.69) is 5.32 Å². The topological polar surface area (TPSA) is 49.3 Å². The lowest BCUT2D eigenvalue weighted by molar-refractivity contribution is -0.140. The molecule has 1 atom stereocenters. The number of rotatable bonds is 6. The molecule has 1 aromatic carbocycles. The van der Waals surface area contributed by atoms with Gasteiger partial charge in [0.2, 0.25) is 0 Å². The fourth-order valence-electron chi connectivity index (χ4n) is 1.64. The molecular formula is C13H16F3NO2S. The number of hydrogen-bond acceptors (Lipinski definition) is 3. The Hall–Kier alpha value is -1.21. The third-order valence-electron chi connectivity index (χ3n) is 2.62. The Kier molecular flexibility index (Phi) is 5.88. The maximum absolute atomic E-state index is 12.2. The van der Waals surface area contributed by atoms with E-state index in [1.165, 1.54) is 12.1 Å². The first-order valence-corrected chi connectivity index (χ1v) is 6.81. The molecule has 0 aliphatic carbocycles. The van der Waals surface area contributed by atoms with Crippen LogP contribution in [-0.2, 0) is 11.3 Å². The van der Waals surface area contributed by atoms with Crippen LogP contribution in [-0.4, -0.2) is 22.6 Å². The van der Waals surface area contributed by atoms with Gasteiger partial charge in [0, 0.05) is 11.4 Å². The lowest BCUT2D eigenvalue weighted by Crippen LogP contribution is -2.40. The summed E-state index contributed by atoms with van der Waals surface area (Å²) in [6, 6.07) is 5.18. The molecule has 0 aliphatic heterocycles. The van der Waals surface area contributed by atoms with Gasteiger partial charge >= 0.3 is 11.5 Å². The number of alkyl halides is 3. The number of aliphatic carboxylic acids is 1. The number of carbonyl (C=O) groups is 1. The molecule has 20 heavy (non-hydrogen) atoms. The summed E-state index contributed by atoms with van der Waals surface area (Å²) in [5.74, 6) is -1.02. The predicted octanol–water partition coefficient (Wildman–Crippen LogP) is 3.50. The highest BCUT2D eigenvalue weighted by molar-refractivity contribution is 8.00. The van der Waals surface area contributed by atoms with E-state index in [0.29, 0.717) is 6.54 Å². The molecule has 0 saturated heterocycles. The summed E-state index contributed by atoms with van der Waals surface area (Å²) >= 11 is -0.171. The summed E-state index contributed by atoms with van der Waals surface area (Å²) in [5, 5.41) is 11.9. The molecule has 3 nitrogen and oxygen atoms in total. The minimum Gasteiger partial charge on any atom is -0.480 e. The molecule has 0 unspecified atom stereocenters. The minimum atomic E-state index is -4.30. The lowest BCUT2D eigenvalue weighted by atomic mass is 10.0. The average molecular weight is 307 g/mol. The zero-order chi connectivity index (χ0) is 15.3. The van der Waals surface area contributed by atoms with Crippen LogP contribution in [0, 0.1) is 5.92 Å². The highest BCUT2D eigenvalue weighted by Gasteiger charge is 2.29. The van der Waals surface area contributed by atoms with Gasteiger partial charge in [-0.25, -0.2) is 0 Å². The van der Waals surface area contributed by atoms with Crippen molar-refractivity contribution in [1.29, 1.82) is 0 Å². The standard InChI is InChI=1S/C13H16F3NO2S/c1-8(2)11(12(18)19)17-7-9-3-5-10(6-4-9)20-13(14,15)16/h3-6,8,11,17H,7H2,1-2H3,(H,18,19)/t11-/m0/s1. The number of carboxylic acid groups (broad SMARTS) is 1. The van der Waals surface area contributed by atoms with Crippen molar-refractivity contribution >= 4 is 17.7 Å². The van der Waals surface area contributed by atoms with Crippen LogP contribution < -0.4 is 5.32 Å². The third-order valence-corrected chi connectivity index (χ3v) is 3.36. The van der Waals surface area contributed by atoms with Crippen molar-refractivity contribution in [2.75, 3.05) is 0 Å². The fraction of sp³-hybridized carbons (Fsp3) is 0.462. The van der Waals surface area contributed by atoms with Crippen molar-refractivity contribution in [3.8, 4) is 0 Å². The smallest absolute Gasteiger partial charge is 0.446 e. The Morgan fingerprint density at radius 1 is 1.30 bits per heavy atom. The number of benzene rings is 1. The van der Waals surface area contributed by atoms with E-state index in [-0.39, 0.29) is 22.6 Å². The van der Waals surface area contributed by atoms with Crippen molar-refractivity contribution < 1.29 is 23.1 Å². The second kappa shape index (κ2) is 6.99. The van der Waals surface area contributed by atoms with Crippen LogP contribution in [0.4, 0.5) is 13.2 Å². The number of nitrogens with one attached hydrogen (secondary N) is 1. The van der Waals surface area contributed by atoms with Gasteiger partial charge in [0.25, 0.3) is 0 Å². The van der Waals surface area contributed by atoms with Gasteiger partial charge in [-0.3, -0.25) is 4.79 Å². The first-order valence-electron chi connectivity index (χ1n) is 6.00. The maximum atomic E-state index is 12.2. The summed E-state index contributed by atoms with van der Waals surface area (Å²) in [5.41, 5.74) is -3.56. The van der Waals surface area contributed by atoms with Gasteiger partial charge in [0.05, 0.1) is 0 Å². The quantitative estimate of drug-likeness (QED) is 0.790. The van der Waals surface area contributed by atoms with Crippen LogP contribution in [0.2, 0.25) is 0 Å². The van der Waals surface area contributed by atoms with Crippen molar-refractivity contribution in [2.45, 2.75) is 36.8 Å². The largest absolute Gasteiger partial charge is 0.480 e. The van der Waals surface area contributed by atoms with E-state index >= 15 is 0 Å². The second-order valence-electron chi connectivity index (χ2n) is 4.63. The minimum absolute atomic E-state index is 0.0763. The summed E-state index contributed by atoms with van der Waals surface area (Å²) in [7, 11) is 0. The van der Waals surface area contributed by atoms with E-state index in [9.17, 15) is 18.0 Å². The van der Waals surface area contributed by atoms with Crippen LogP contribution in [0.1, 0.15) is 19.4 Å². The first-order chi connectivity index (χ1) is 9.19. The third kappa shape index (κ3) is 5.83. The molecule has 0 amide bonds. The number of hydrogen-bond donors (Lipinski definition) is 2. The Labute approximate surface area is 119 Å². The van der Waals surface area contributed by atoms with Crippen LogP contribution in [0.3, 0.4) is 0 Å². The Morgan fingerprint density at radius 2 is 1.85 bits per heavy atom. The molecule has 0 fully saturated rings. The van der Waals surface area contributed by atoms with E-state index in [1.807, 2.05) is 0 Å².